The van der Waals surface area contributed by atoms with Crippen LogP contribution in [0.1, 0.15) is 355 Å². The van der Waals surface area contributed by atoms with E-state index >= 15 is 0 Å². The molecule has 0 saturated carbocycles. The molecule has 0 saturated heterocycles. The van der Waals surface area contributed by atoms with Crippen molar-refractivity contribution < 1.29 is 28.6 Å². The first-order valence-electron chi connectivity index (χ1n) is 33.8. The normalized spacial score (nSPS) is 12.4. The first kappa shape index (κ1) is 74.1. The molecule has 448 valence electrons. The Kier molecular flexibility index (Phi) is 63.2. The van der Waals surface area contributed by atoms with Crippen molar-refractivity contribution in [1.29, 1.82) is 0 Å². The Hall–Kier alpha value is -2.89. The van der Waals surface area contributed by atoms with Crippen LogP contribution < -0.4 is 0 Å². The summed E-state index contributed by atoms with van der Waals surface area (Å²) in [4.78, 5) is 38.3. The molecule has 0 N–H and O–H groups in total. The second kappa shape index (κ2) is 65.6. The molecule has 1 unspecified atom stereocenters. The van der Waals surface area contributed by atoms with Crippen LogP contribution in [0.2, 0.25) is 0 Å². The predicted octanol–water partition coefficient (Wildman–Crippen LogP) is 23.1. The van der Waals surface area contributed by atoms with Crippen LogP contribution in [0.3, 0.4) is 0 Å². The number of carbonyl (C=O) groups is 3. The van der Waals surface area contributed by atoms with E-state index in [9.17, 15) is 14.4 Å². The largest absolute Gasteiger partial charge is 0.462 e. The Morgan fingerprint density at radius 2 is 0.506 bits per heavy atom. The summed E-state index contributed by atoms with van der Waals surface area (Å²) in [7, 11) is 0. The molecule has 0 aliphatic carbocycles. The summed E-state index contributed by atoms with van der Waals surface area (Å²) in [6.45, 7) is 6.51. The lowest BCUT2D eigenvalue weighted by Crippen LogP contribution is -2.30. The molecule has 6 nitrogen and oxygen atoms in total. The summed E-state index contributed by atoms with van der Waals surface area (Å²) in [5, 5.41) is 0. The van der Waals surface area contributed by atoms with E-state index in [-0.39, 0.29) is 31.6 Å². The highest BCUT2D eigenvalue weighted by molar-refractivity contribution is 5.72. The molecule has 0 radical (unpaired) electrons. The third-order valence-electron chi connectivity index (χ3n) is 15.1. The van der Waals surface area contributed by atoms with Gasteiger partial charge in [0.05, 0.1) is 6.42 Å². The van der Waals surface area contributed by atoms with Crippen LogP contribution in [0, 0.1) is 0 Å². The maximum absolute atomic E-state index is 12.9. The summed E-state index contributed by atoms with van der Waals surface area (Å²) in [5.41, 5.74) is 0. The monoisotopic (exact) mass is 1080 g/mol. The maximum Gasteiger partial charge on any atom is 0.309 e. The number of unbranched alkanes of at least 4 members (excludes halogenated alkanes) is 42. The summed E-state index contributed by atoms with van der Waals surface area (Å²) in [5.74, 6) is -1.01. The van der Waals surface area contributed by atoms with Gasteiger partial charge in [0.2, 0.25) is 0 Å². The highest BCUT2D eigenvalue weighted by atomic mass is 16.6. The van der Waals surface area contributed by atoms with Gasteiger partial charge in [-0.25, -0.2) is 0 Å². The Morgan fingerprint density at radius 1 is 0.273 bits per heavy atom. The Balaban J connectivity index is 4.34. The molecule has 0 spiro atoms. The average Bonchev–Trinajstić information content (AvgIpc) is 3.43. The number of rotatable bonds is 62. The number of allylic oxidation sites excluding steroid dienone is 9. The number of ether oxygens (including phenoxy) is 3. The van der Waals surface area contributed by atoms with Crippen LogP contribution in [0.15, 0.2) is 60.8 Å². The molecule has 0 aromatic carbocycles. The molecule has 0 heterocycles. The van der Waals surface area contributed by atoms with Crippen LogP contribution in [0.4, 0.5) is 0 Å². The number of carbonyl (C=O) groups excluding carboxylic acids is 3. The maximum atomic E-state index is 12.9. The van der Waals surface area contributed by atoms with Crippen molar-refractivity contribution in [3.63, 3.8) is 0 Å². The zero-order valence-corrected chi connectivity index (χ0v) is 51.5. The van der Waals surface area contributed by atoms with Gasteiger partial charge in [-0.1, -0.05) is 351 Å². The van der Waals surface area contributed by atoms with Crippen LogP contribution in [0.25, 0.3) is 0 Å². The molecule has 0 rings (SSSR count). The molecule has 1 atom stereocenters. The van der Waals surface area contributed by atoms with Crippen LogP contribution in [-0.4, -0.2) is 37.2 Å². The Morgan fingerprint density at radius 3 is 0.792 bits per heavy atom. The van der Waals surface area contributed by atoms with Crippen LogP contribution in [0.5, 0.6) is 0 Å². The third kappa shape index (κ3) is 63.8. The van der Waals surface area contributed by atoms with E-state index in [4.69, 9.17) is 14.2 Å². The van der Waals surface area contributed by atoms with Gasteiger partial charge in [0.25, 0.3) is 0 Å². The number of hydrogen-bond donors (Lipinski definition) is 0. The fourth-order valence-corrected chi connectivity index (χ4v) is 10.1. The standard InChI is InChI=1S/C71H128O6/c1-4-7-10-13-16-19-22-25-28-30-32-34-35-37-38-40-43-46-49-52-55-58-61-64-70(73)76-67-68(66-75-69(72)63-60-57-54-51-48-45-42-27-24-21-18-15-12-9-6-3)77-71(74)65-62-59-56-53-50-47-44-41-39-36-33-31-29-26-23-20-17-14-11-8-5-2/h9,12,18,21,27,42,48,51,57,60,68H,4-8,10-11,13-17,19-20,22-26,28-41,43-47,49-50,52-56,58-59,61-67H2,1-3H3/b12-9-,21-18-,42-27-,51-48-,60-57-. The highest BCUT2D eigenvalue weighted by Crippen LogP contribution is 2.18. The Labute approximate surface area is 479 Å². The lowest BCUT2D eigenvalue weighted by molar-refractivity contribution is -0.166. The van der Waals surface area contributed by atoms with E-state index in [2.05, 4.69) is 69.4 Å². The first-order valence-corrected chi connectivity index (χ1v) is 33.8. The number of esters is 3. The second-order valence-corrected chi connectivity index (χ2v) is 22.7. The molecule has 0 amide bonds. The smallest absolute Gasteiger partial charge is 0.309 e. The molecule has 0 aromatic rings. The molecule has 0 aliphatic heterocycles. The van der Waals surface area contributed by atoms with Gasteiger partial charge in [0.15, 0.2) is 6.10 Å². The van der Waals surface area contributed by atoms with E-state index in [0.717, 1.165) is 70.6 Å². The summed E-state index contributed by atoms with van der Waals surface area (Å²) < 4.78 is 16.9. The van der Waals surface area contributed by atoms with Gasteiger partial charge >= 0.3 is 17.9 Å². The molecule has 0 aliphatic rings. The minimum absolute atomic E-state index is 0.0990. The topological polar surface area (TPSA) is 78.9 Å². The van der Waals surface area contributed by atoms with Crippen molar-refractivity contribution in [1.82, 2.24) is 0 Å². The summed E-state index contributed by atoms with van der Waals surface area (Å²) in [6, 6.07) is 0. The lowest BCUT2D eigenvalue weighted by atomic mass is 10.0. The van der Waals surface area contributed by atoms with Gasteiger partial charge in [-0.2, -0.15) is 0 Å². The van der Waals surface area contributed by atoms with E-state index in [1.54, 1.807) is 0 Å². The minimum atomic E-state index is -0.812. The van der Waals surface area contributed by atoms with Crippen LogP contribution >= 0.6 is 0 Å². The average molecular weight is 1080 g/mol. The first-order chi connectivity index (χ1) is 38.0. The molecule has 77 heavy (non-hydrogen) atoms. The Bertz CT molecular complexity index is 1380. The fourth-order valence-electron chi connectivity index (χ4n) is 10.1. The third-order valence-corrected chi connectivity index (χ3v) is 15.1. The molecule has 0 bridgehead atoms. The van der Waals surface area contributed by atoms with Crippen molar-refractivity contribution in [2.24, 2.45) is 0 Å². The quantitative estimate of drug-likeness (QED) is 0.0261. The van der Waals surface area contributed by atoms with Crippen molar-refractivity contribution >= 4 is 17.9 Å². The zero-order chi connectivity index (χ0) is 55.7. The molecule has 0 aromatic heterocycles. The van der Waals surface area contributed by atoms with E-state index < -0.39 is 12.1 Å². The van der Waals surface area contributed by atoms with Crippen molar-refractivity contribution in [3.05, 3.63) is 60.8 Å². The zero-order valence-electron chi connectivity index (χ0n) is 51.5. The van der Waals surface area contributed by atoms with Gasteiger partial charge in [-0.05, 0) is 44.9 Å². The van der Waals surface area contributed by atoms with E-state index in [1.165, 1.54) is 244 Å². The highest BCUT2D eigenvalue weighted by Gasteiger charge is 2.19. The fraction of sp³-hybridized carbons (Fsp3) is 0.817. The minimum Gasteiger partial charge on any atom is -0.462 e. The van der Waals surface area contributed by atoms with Gasteiger partial charge in [0.1, 0.15) is 13.2 Å². The SMILES string of the molecule is CC/C=C\C/C=C\C/C=C\C/C=C\C/C=C\CC(=O)OCC(COC(=O)CCCCCCCCCCCCCCCCCCCCCCCCC)OC(=O)CCCCCCCCCCCCCCCCCCCCCCC. The van der Waals surface area contributed by atoms with Crippen molar-refractivity contribution in [2.45, 2.75) is 361 Å². The van der Waals surface area contributed by atoms with Crippen LogP contribution in [-0.2, 0) is 28.6 Å². The second-order valence-electron chi connectivity index (χ2n) is 22.7. The summed E-state index contributed by atoms with van der Waals surface area (Å²) >= 11 is 0. The number of hydrogen-bond acceptors (Lipinski definition) is 6. The molecular weight excluding hydrogens is 949 g/mol. The van der Waals surface area contributed by atoms with Gasteiger partial charge in [0, 0.05) is 12.8 Å². The van der Waals surface area contributed by atoms with Gasteiger partial charge < -0.3 is 14.2 Å². The summed E-state index contributed by atoms with van der Waals surface area (Å²) in [6.07, 6.45) is 84.2. The van der Waals surface area contributed by atoms with E-state index in [1.807, 2.05) is 12.2 Å². The predicted molar refractivity (Wildman–Crippen MR) is 335 cm³/mol. The van der Waals surface area contributed by atoms with Crippen molar-refractivity contribution in [2.75, 3.05) is 13.2 Å². The molecular formula is C71H128O6. The van der Waals surface area contributed by atoms with E-state index in [0.29, 0.717) is 12.8 Å². The van der Waals surface area contributed by atoms with Gasteiger partial charge in [-0.15, -0.1) is 0 Å². The van der Waals surface area contributed by atoms with Gasteiger partial charge in [-0.3, -0.25) is 14.4 Å². The lowest BCUT2D eigenvalue weighted by Gasteiger charge is -2.18. The van der Waals surface area contributed by atoms with Crippen molar-refractivity contribution in [3.8, 4) is 0 Å². The molecule has 6 heteroatoms. The molecule has 0 fully saturated rings.